The Bertz CT molecular complexity index is 525. The lowest BCUT2D eigenvalue weighted by Crippen LogP contribution is -2.13. The summed E-state index contributed by atoms with van der Waals surface area (Å²) in [5.74, 6) is 1.60. The van der Waals surface area contributed by atoms with E-state index in [0.29, 0.717) is 0 Å². The highest BCUT2D eigenvalue weighted by atomic mass is 16.5. The SMILES string of the molecule is COc1cccc(C(N)c2ccccc2OC)c1. The molecular formula is C15H17NO2. The second kappa shape index (κ2) is 5.56. The highest BCUT2D eigenvalue weighted by Crippen LogP contribution is 2.29. The van der Waals surface area contributed by atoms with Crippen molar-refractivity contribution in [3.8, 4) is 11.5 Å². The molecule has 0 heterocycles. The molecule has 0 aromatic heterocycles. The maximum absolute atomic E-state index is 6.28. The lowest BCUT2D eigenvalue weighted by atomic mass is 9.98. The molecule has 2 aromatic rings. The van der Waals surface area contributed by atoms with Gasteiger partial charge in [-0.3, -0.25) is 0 Å². The van der Waals surface area contributed by atoms with Crippen LogP contribution in [0.4, 0.5) is 0 Å². The topological polar surface area (TPSA) is 44.5 Å². The molecule has 0 saturated carbocycles. The molecule has 0 spiro atoms. The van der Waals surface area contributed by atoms with Gasteiger partial charge in [-0.05, 0) is 23.8 Å². The Labute approximate surface area is 107 Å². The number of benzene rings is 2. The van der Waals surface area contributed by atoms with Crippen LogP contribution in [0.3, 0.4) is 0 Å². The van der Waals surface area contributed by atoms with Gasteiger partial charge in [0.05, 0.1) is 20.3 Å². The van der Waals surface area contributed by atoms with Crippen LogP contribution >= 0.6 is 0 Å². The molecule has 3 nitrogen and oxygen atoms in total. The van der Waals surface area contributed by atoms with Crippen molar-refractivity contribution in [2.24, 2.45) is 5.73 Å². The predicted molar refractivity (Wildman–Crippen MR) is 72.0 cm³/mol. The van der Waals surface area contributed by atoms with Crippen molar-refractivity contribution in [2.75, 3.05) is 14.2 Å². The van der Waals surface area contributed by atoms with Crippen molar-refractivity contribution in [3.05, 3.63) is 59.7 Å². The van der Waals surface area contributed by atoms with E-state index < -0.39 is 0 Å². The standard InChI is InChI=1S/C15H17NO2/c1-17-12-7-5-6-11(10-12)15(16)13-8-3-4-9-14(13)18-2/h3-10,15H,16H2,1-2H3. The van der Waals surface area contributed by atoms with E-state index in [1.807, 2.05) is 48.5 Å². The normalized spacial score (nSPS) is 11.9. The summed E-state index contributed by atoms with van der Waals surface area (Å²) in [5.41, 5.74) is 8.25. The average molecular weight is 243 g/mol. The zero-order valence-electron chi connectivity index (χ0n) is 10.6. The fourth-order valence-electron chi connectivity index (χ4n) is 1.94. The molecule has 2 aromatic carbocycles. The van der Waals surface area contributed by atoms with E-state index in [0.717, 1.165) is 22.6 Å². The van der Waals surface area contributed by atoms with Crippen molar-refractivity contribution in [2.45, 2.75) is 6.04 Å². The summed E-state index contributed by atoms with van der Waals surface area (Å²) in [4.78, 5) is 0. The van der Waals surface area contributed by atoms with Crippen LogP contribution < -0.4 is 15.2 Å². The van der Waals surface area contributed by atoms with Crippen molar-refractivity contribution >= 4 is 0 Å². The molecule has 94 valence electrons. The molecule has 1 atom stereocenters. The van der Waals surface area contributed by atoms with Gasteiger partial charge in [-0.25, -0.2) is 0 Å². The molecule has 0 aliphatic heterocycles. The second-order valence-corrected chi connectivity index (χ2v) is 4.00. The number of rotatable bonds is 4. The largest absolute Gasteiger partial charge is 0.497 e. The van der Waals surface area contributed by atoms with Crippen LogP contribution in [0.5, 0.6) is 11.5 Å². The van der Waals surface area contributed by atoms with Crippen molar-refractivity contribution < 1.29 is 9.47 Å². The van der Waals surface area contributed by atoms with Crippen LogP contribution in [-0.4, -0.2) is 14.2 Å². The minimum absolute atomic E-state index is 0.226. The third-order valence-electron chi connectivity index (χ3n) is 2.93. The van der Waals surface area contributed by atoms with Crippen LogP contribution in [0.15, 0.2) is 48.5 Å². The van der Waals surface area contributed by atoms with Gasteiger partial charge in [-0.1, -0.05) is 30.3 Å². The molecular weight excluding hydrogens is 226 g/mol. The third-order valence-corrected chi connectivity index (χ3v) is 2.93. The smallest absolute Gasteiger partial charge is 0.123 e. The first-order valence-corrected chi connectivity index (χ1v) is 5.78. The fourth-order valence-corrected chi connectivity index (χ4v) is 1.94. The Morgan fingerprint density at radius 2 is 1.72 bits per heavy atom. The second-order valence-electron chi connectivity index (χ2n) is 4.00. The van der Waals surface area contributed by atoms with E-state index in [2.05, 4.69) is 0 Å². The Balaban J connectivity index is 2.37. The van der Waals surface area contributed by atoms with Gasteiger partial charge < -0.3 is 15.2 Å². The van der Waals surface area contributed by atoms with Crippen molar-refractivity contribution in [3.63, 3.8) is 0 Å². The Morgan fingerprint density at radius 1 is 0.944 bits per heavy atom. The quantitative estimate of drug-likeness (QED) is 0.898. The van der Waals surface area contributed by atoms with E-state index in [9.17, 15) is 0 Å². The maximum Gasteiger partial charge on any atom is 0.123 e. The van der Waals surface area contributed by atoms with Gasteiger partial charge in [0.2, 0.25) is 0 Å². The number of methoxy groups -OCH3 is 2. The Hall–Kier alpha value is -2.00. The molecule has 18 heavy (non-hydrogen) atoms. The summed E-state index contributed by atoms with van der Waals surface area (Å²) in [7, 11) is 3.30. The van der Waals surface area contributed by atoms with Gasteiger partial charge in [0.1, 0.15) is 11.5 Å². The third kappa shape index (κ3) is 2.46. The van der Waals surface area contributed by atoms with E-state index in [1.165, 1.54) is 0 Å². The molecule has 3 heteroatoms. The van der Waals surface area contributed by atoms with Gasteiger partial charge in [-0.15, -0.1) is 0 Å². The van der Waals surface area contributed by atoms with Crippen LogP contribution in [0.1, 0.15) is 17.2 Å². The first-order chi connectivity index (χ1) is 8.76. The number of ether oxygens (including phenoxy) is 2. The summed E-state index contributed by atoms with van der Waals surface area (Å²) < 4.78 is 10.5. The molecule has 0 amide bonds. The number of hydrogen-bond acceptors (Lipinski definition) is 3. The summed E-state index contributed by atoms with van der Waals surface area (Å²) in [6.07, 6.45) is 0. The minimum atomic E-state index is -0.226. The summed E-state index contributed by atoms with van der Waals surface area (Å²) in [6, 6.07) is 15.3. The molecule has 0 aliphatic rings. The molecule has 0 radical (unpaired) electrons. The molecule has 0 saturated heterocycles. The lowest BCUT2D eigenvalue weighted by Gasteiger charge is -2.16. The van der Waals surface area contributed by atoms with Crippen LogP contribution in [0.25, 0.3) is 0 Å². The number of para-hydroxylation sites is 1. The van der Waals surface area contributed by atoms with Crippen molar-refractivity contribution in [1.82, 2.24) is 0 Å². The highest BCUT2D eigenvalue weighted by molar-refractivity contribution is 5.42. The first kappa shape index (κ1) is 12.5. The average Bonchev–Trinajstić information content (AvgIpc) is 2.46. The van der Waals surface area contributed by atoms with Gasteiger partial charge in [0.15, 0.2) is 0 Å². The number of hydrogen-bond donors (Lipinski definition) is 1. The Kier molecular flexibility index (Phi) is 3.85. The van der Waals surface area contributed by atoms with Gasteiger partial charge >= 0.3 is 0 Å². The van der Waals surface area contributed by atoms with Crippen molar-refractivity contribution in [1.29, 1.82) is 0 Å². The monoisotopic (exact) mass is 243 g/mol. The van der Waals surface area contributed by atoms with E-state index >= 15 is 0 Å². The zero-order chi connectivity index (χ0) is 13.0. The molecule has 0 bridgehead atoms. The summed E-state index contributed by atoms with van der Waals surface area (Å²) in [5, 5.41) is 0. The zero-order valence-corrected chi connectivity index (χ0v) is 10.6. The van der Waals surface area contributed by atoms with E-state index in [-0.39, 0.29) is 6.04 Å². The first-order valence-electron chi connectivity index (χ1n) is 5.78. The highest BCUT2D eigenvalue weighted by Gasteiger charge is 2.13. The minimum Gasteiger partial charge on any atom is -0.497 e. The van der Waals surface area contributed by atoms with Crippen LogP contribution in [0.2, 0.25) is 0 Å². The predicted octanol–water partition coefficient (Wildman–Crippen LogP) is 2.75. The summed E-state index contributed by atoms with van der Waals surface area (Å²) >= 11 is 0. The van der Waals surface area contributed by atoms with Crippen LogP contribution in [-0.2, 0) is 0 Å². The number of nitrogens with two attached hydrogens (primary N) is 1. The molecule has 2 rings (SSSR count). The van der Waals surface area contributed by atoms with Gasteiger partial charge in [0.25, 0.3) is 0 Å². The lowest BCUT2D eigenvalue weighted by molar-refractivity contribution is 0.407. The van der Waals surface area contributed by atoms with E-state index in [4.69, 9.17) is 15.2 Å². The fraction of sp³-hybridized carbons (Fsp3) is 0.200. The molecule has 0 aliphatic carbocycles. The summed E-state index contributed by atoms with van der Waals surface area (Å²) in [6.45, 7) is 0. The Morgan fingerprint density at radius 3 is 2.44 bits per heavy atom. The van der Waals surface area contributed by atoms with Gasteiger partial charge in [0, 0.05) is 5.56 Å². The molecule has 1 unspecified atom stereocenters. The van der Waals surface area contributed by atoms with Crippen LogP contribution in [0, 0.1) is 0 Å². The maximum atomic E-state index is 6.28. The molecule has 2 N–H and O–H groups in total. The van der Waals surface area contributed by atoms with E-state index in [1.54, 1.807) is 14.2 Å². The van der Waals surface area contributed by atoms with Gasteiger partial charge in [-0.2, -0.15) is 0 Å². The molecule has 0 fully saturated rings.